The van der Waals surface area contributed by atoms with Gasteiger partial charge in [0.1, 0.15) is 13.2 Å². The SMILES string of the molecule is CCCCCCC/C=C\C/C=C\C/C=C\CCCCCCCCCCCCCCC(=O)OCC(COC(=O)CCCCCCCCCCCCCCCCCCC)OC(=O)CCCCCCCCCCCCCCCCCCCCC. The van der Waals surface area contributed by atoms with Crippen molar-refractivity contribution < 1.29 is 28.6 Å². The number of ether oxygens (including phenoxy) is 3. The van der Waals surface area contributed by atoms with E-state index in [2.05, 4.69) is 57.2 Å². The van der Waals surface area contributed by atoms with Gasteiger partial charge in [0.25, 0.3) is 0 Å². The maximum Gasteiger partial charge on any atom is 0.306 e. The number of carbonyl (C=O) groups is 3. The summed E-state index contributed by atoms with van der Waals surface area (Å²) in [5.41, 5.74) is 0. The lowest BCUT2D eigenvalue weighted by Crippen LogP contribution is -2.30. The third kappa shape index (κ3) is 68.3. The van der Waals surface area contributed by atoms with Gasteiger partial charge in [-0.2, -0.15) is 0 Å². The molecule has 0 spiro atoms. The zero-order chi connectivity index (χ0) is 58.5. The van der Waals surface area contributed by atoms with Crippen LogP contribution in [0.2, 0.25) is 0 Å². The average Bonchev–Trinajstić information content (AvgIpc) is 3.47. The molecule has 1 atom stereocenters. The Balaban J connectivity index is 4.27. The van der Waals surface area contributed by atoms with Crippen LogP contribution in [-0.2, 0) is 28.6 Å². The maximum atomic E-state index is 13.0. The van der Waals surface area contributed by atoms with E-state index < -0.39 is 6.10 Å². The van der Waals surface area contributed by atoms with Crippen molar-refractivity contribution in [3.63, 3.8) is 0 Å². The first-order valence-electron chi connectivity index (χ1n) is 36.5. The number of hydrogen-bond donors (Lipinski definition) is 0. The van der Waals surface area contributed by atoms with Crippen molar-refractivity contribution in [3.05, 3.63) is 36.5 Å². The van der Waals surface area contributed by atoms with Gasteiger partial charge in [-0.15, -0.1) is 0 Å². The lowest BCUT2D eigenvalue weighted by molar-refractivity contribution is -0.167. The molecule has 0 fully saturated rings. The second-order valence-electron chi connectivity index (χ2n) is 24.9. The highest BCUT2D eigenvalue weighted by Crippen LogP contribution is 2.19. The Bertz CT molecular complexity index is 1350. The smallest absolute Gasteiger partial charge is 0.306 e. The van der Waals surface area contributed by atoms with E-state index in [-0.39, 0.29) is 31.1 Å². The van der Waals surface area contributed by atoms with Crippen molar-refractivity contribution in [2.45, 2.75) is 412 Å². The van der Waals surface area contributed by atoms with Crippen LogP contribution in [-0.4, -0.2) is 37.2 Å². The molecule has 0 aliphatic heterocycles. The van der Waals surface area contributed by atoms with Crippen LogP contribution in [0, 0.1) is 0 Å². The topological polar surface area (TPSA) is 78.9 Å². The van der Waals surface area contributed by atoms with Crippen molar-refractivity contribution in [2.24, 2.45) is 0 Å². The number of unbranched alkanes of at least 4 members (excludes halogenated alkanes) is 51. The van der Waals surface area contributed by atoms with Gasteiger partial charge in [0, 0.05) is 19.3 Å². The summed E-state index contributed by atoms with van der Waals surface area (Å²) in [5, 5.41) is 0. The van der Waals surface area contributed by atoms with E-state index >= 15 is 0 Å². The van der Waals surface area contributed by atoms with Crippen LogP contribution in [0.3, 0.4) is 0 Å². The van der Waals surface area contributed by atoms with Gasteiger partial charge in [0.15, 0.2) is 6.10 Å². The molecule has 0 rings (SSSR count). The minimum Gasteiger partial charge on any atom is -0.462 e. The van der Waals surface area contributed by atoms with E-state index in [9.17, 15) is 14.4 Å². The Morgan fingerprint density at radius 1 is 0.247 bits per heavy atom. The van der Waals surface area contributed by atoms with Crippen molar-refractivity contribution >= 4 is 17.9 Å². The minimum atomic E-state index is -0.770. The van der Waals surface area contributed by atoms with E-state index in [0.717, 1.165) is 70.6 Å². The Kier molecular flexibility index (Phi) is 68.1. The molecule has 0 aromatic carbocycles. The largest absolute Gasteiger partial charge is 0.462 e. The zero-order valence-corrected chi connectivity index (χ0v) is 54.8. The van der Waals surface area contributed by atoms with Crippen LogP contribution < -0.4 is 0 Å². The summed E-state index contributed by atoms with van der Waals surface area (Å²) in [7, 11) is 0. The molecule has 0 aliphatic rings. The van der Waals surface area contributed by atoms with Gasteiger partial charge < -0.3 is 14.2 Å². The fourth-order valence-electron chi connectivity index (χ4n) is 11.2. The summed E-state index contributed by atoms with van der Waals surface area (Å²) in [6.45, 7) is 6.72. The summed E-state index contributed by atoms with van der Waals surface area (Å²) in [4.78, 5) is 38.5. The predicted octanol–water partition coefficient (Wildman–Crippen LogP) is 25.1. The van der Waals surface area contributed by atoms with Gasteiger partial charge in [-0.25, -0.2) is 0 Å². The van der Waals surface area contributed by atoms with Gasteiger partial charge >= 0.3 is 17.9 Å². The van der Waals surface area contributed by atoms with Gasteiger partial charge in [0.05, 0.1) is 0 Å². The second kappa shape index (κ2) is 70.1. The lowest BCUT2D eigenvalue weighted by Gasteiger charge is -2.18. The number of allylic oxidation sites excluding steroid dienone is 6. The molecule has 0 saturated carbocycles. The number of hydrogen-bond acceptors (Lipinski definition) is 6. The first kappa shape index (κ1) is 78.6. The Labute approximate surface area is 506 Å². The quantitative estimate of drug-likeness (QED) is 0.0261. The van der Waals surface area contributed by atoms with Crippen molar-refractivity contribution in [1.82, 2.24) is 0 Å². The van der Waals surface area contributed by atoms with E-state index in [0.29, 0.717) is 19.3 Å². The van der Waals surface area contributed by atoms with Crippen molar-refractivity contribution in [1.29, 1.82) is 0 Å². The fraction of sp³-hybridized carbons (Fsp3) is 0.880. The third-order valence-corrected chi connectivity index (χ3v) is 16.6. The fourth-order valence-corrected chi connectivity index (χ4v) is 11.2. The van der Waals surface area contributed by atoms with Gasteiger partial charge in [0.2, 0.25) is 0 Å². The monoisotopic (exact) mass is 1140 g/mol. The molecule has 0 bridgehead atoms. The zero-order valence-electron chi connectivity index (χ0n) is 54.8. The molecule has 476 valence electrons. The van der Waals surface area contributed by atoms with Crippen LogP contribution in [0.4, 0.5) is 0 Å². The second-order valence-corrected chi connectivity index (χ2v) is 24.9. The molecule has 0 radical (unpaired) electrons. The van der Waals surface area contributed by atoms with E-state index in [4.69, 9.17) is 14.2 Å². The maximum absolute atomic E-state index is 13.0. The molecular formula is C75H140O6. The van der Waals surface area contributed by atoms with Gasteiger partial charge in [-0.3, -0.25) is 14.4 Å². The summed E-state index contributed by atoms with van der Waals surface area (Å²) >= 11 is 0. The highest BCUT2D eigenvalue weighted by Gasteiger charge is 2.19. The van der Waals surface area contributed by atoms with Crippen LogP contribution in [0.15, 0.2) is 36.5 Å². The standard InChI is InChI=1S/C75H140O6/c1-4-7-10-13-16-19-22-25-28-31-33-34-35-36-37-38-39-40-42-44-47-50-53-56-59-62-65-68-74(77)80-71-72(70-79-73(76)67-64-61-58-55-52-49-46-43-30-27-24-21-18-15-12-9-6-3)81-75(78)69-66-63-60-57-54-51-48-45-41-32-29-26-23-20-17-14-11-8-5-2/h22,25,31,33,35-36,72H,4-21,23-24,26-30,32,34,37-71H2,1-3H3/b25-22-,33-31-,36-35-. The first-order valence-corrected chi connectivity index (χ1v) is 36.5. The van der Waals surface area contributed by atoms with Crippen molar-refractivity contribution in [2.75, 3.05) is 13.2 Å². The molecule has 6 heteroatoms. The average molecular weight is 1140 g/mol. The number of rotatable bonds is 68. The van der Waals surface area contributed by atoms with Crippen molar-refractivity contribution in [3.8, 4) is 0 Å². The van der Waals surface area contributed by atoms with Crippen LogP contribution >= 0.6 is 0 Å². The van der Waals surface area contributed by atoms with Crippen LogP contribution in [0.5, 0.6) is 0 Å². The normalized spacial score (nSPS) is 12.2. The Morgan fingerprint density at radius 2 is 0.444 bits per heavy atom. The number of carbonyl (C=O) groups excluding carboxylic acids is 3. The number of esters is 3. The first-order chi connectivity index (χ1) is 40.0. The highest BCUT2D eigenvalue weighted by molar-refractivity contribution is 5.71. The van der Waals surface area contributed by atoms with E-state index in [1.54, 1.807) is 0 Å². The highest BCUT2D eigenvalue weighted by atomic mass is 16.6. The van der Waals surface area contributed by atoms with Gasteiger partial charge in [-0.1, -0.05) is 365 Å². The Hall–Kier alpha value is -2.37. The molecule has 0 amide bonds. The van der Waals surface area contributed by atoms with E-state index in [1.165, 1.54) is 295 Å². The van der Waals surface area contributed by atoms with E-state index in [1.807, 2.05) is 0 Å². The molecule has 0 N–H and O–H groups in total. The summed E-state index contributed by atoms with van der Waals surface area (Å²) in [6, 6.07) is 0. The minimum absolute atomic E-state index is 0.0656. The molecule has 0 heterocycles. The van der Waals surface area contributed by atoms with Crippen LogP contribution in [0.25, 0.3) is 0 Å². The molecule has 6 nitrogen and oxygen atoms in total. The van der Waals surface area contributed by atoms with Crippen LogP contribution in [0.1, 0.15) is 406 Å². The lowest BCUT2D eigenvalue weighted by atomic mass is 10.0. The Morgan fingerprint density at radius 3 is 0.691 bits per heavy atom. The van der Waals surface area contributed by atoms with Gasteiger partial charge in [-0.05, 0) is 57.8 Å². The molecule has 0 aromatic rings. The molecule has 1 unspecified atom stereocenters. The molecular weight excluding hydrogens is 997 g/mol. The third-order valence-electron chi connectivity index (χ3n) is 16.6. The summed E-state index contributed by atoms with van der Waals surface area (Å²) in [5.74, 6) is -0.833. The molecule has 0 aromatic heterocycles. The summed E-state index contributed by atoms with van der Waals surface area (Å²) in [6.07, 6.45) is 87.4. The summed E-state index contributed by atoms with van der Waals surface area (Å²) < 4.78 is 17.0. The molecule has 81 heavy (non-hydrogen) atoms. The predicted molar refractivity (Wildman–Crippen MR) is 353 cm³/mol. The molecule has 0 aliphatic carbocycles. The molecule has 0 saturated heterocycles.